The summed E-state index contributed by atoms with van der Waals surface area (Å²) in [6, 6.07) is 16.7. The number of nitrogens with zero attached hydrogens (tertiary/aromatic N) is 2. The van der Waals surface area contributed by atoms with Crippen molar-refractivity contribution in [1.82, 2.24) is 10.1 Å². The lowest BCUT2D eigenvalue weighted by Gasteiger charge is -2.14. The van der Waals surface area contributed by atoms with Gasteiger partial charge in [-0.1, -0.05) is 59.2 Å². The number of hydrogen-bond acceptors (Lipinski definition) is 5. The maximum absolute atomic E-state index is 9.53. The number of aromatic nitrogens is 2. The summed E-state index contributed by atoms with van der Waals surface area (Å²) in [6.07, 6.45) is 0. The average Bonchev–Trinajstić information content (AvgIpc) is 3.02. The Morgan fingerprint density at radius 1 is 1.14 bits per heavy atom. The van der Waals surface area contributed by atoms with Crippen molar-refractivity contribution in [3.8, 4) is 11.4 Å². The smallest absolute Gasteiger partial charge is 0.322 e. The van der Waals surface area contributed by atoms with E-state index in [2.05, 4.69) is 15.5 Å². The van der Waals surface area contributed by atoms with Crippen LogP contribution >= 0.6 is 11.6 Å². The second kappa shape index (κ2) is 6.60. The minimum absolute atomic E-state index is 0.0844. The second-order valence-electron chi connectivity index (χ2n) is 4.72. The molecule has 6 heteroatoms. The molecule has 1 aromatic heterocycles. The highest BCUT2D eigenvalue weighted by Gasteiger charge is 2.15. The van der Waals surface area contributed by atoms with Crippen LogP contribution in [0.5, 0.6) is 0 Å². The SMILES string of the molecule is OCC(Nc1nc(-c2cccc(Cl)c2)no1)c1ccccc1. The Labute approximate surface area is 132 Å². The Hall–Kier alpha value is -2.37. The normalized spacial score (nSPS) is 12.1. The number of aliphatic hydroxyl groups excluding tert-OH is 1. The Morgan fingerprint density at radius 3 is 2.68 bits per heavy atom. The van der Waals surface area contributed by atoms with E-state index in [1.807, 2.05) is 42.5 Å². The summed E-state index contributed by atoms with van der Waals surface area (Å²) in [5.41, 5.74) is 1.71. The largest absolute Gasteiger partial charge is 0.394 e. The minimum atomic E-state index is -0.311. The van der Waals surface area contributed by atoms with Gasteiger partial charge >= 0.3 is 6.01 Å². The van der Waals surface area contributed by atoms with Crippen LogP contribution in [0.25, 0.3) is 11.4 Å². The van der Waals surface area contributed by atoms with Gasteiger partial charge in [-0.3, -0.25) is 0 Å². The van der Waals surface area contributed by atoms with Crippen LogP contribution in [0.15, 0.2) is 59.1 Å². The van der Waals surface area contributed by atoms with E-state index in [0.29, 0.717) is 10.8 Å². The van der Waals surface area contributed by atoms with E-state index in [4.69, 9.17) is 16.1 Å². The highest BCUT2D eigenvalue weighted by molar-refractivity contribution is 6.30. The molecule has 0 fully saturated rings. The molecule has 112 valence electrons. The first-order chi connectivity index (χ1) is 10.8. The van der Waals surface area contributed by atoms with Crippen molar-refractivity contribution in [2.75, 3.05) is 11.9 Å². The summed E-state index contributed by atoms with van der Waals surface area (Å²) in [5.74, 6) is 0.440. The minimum Gasteiger partial charge on any atom is -0.394 e. The predicted molar refractivity (Wildman–Crippen MR) is 84.6 cm³/mol. The fourth-order valence-electron chi connectivity index (χ4n) is 2.10. The Kier molecular flexibility index (Phi) is 4.37. The highest BCUT2D eigenvalue weighted by Crippen LogP contribution is 2.23. The number of rotatable bonds is 5. The van der Waals surface area contributed by atoms with Gasteiger partial charge in [0.05, 0.1) is 12.6 Å². The molecule has 1 atom stereocenters. The van der Waals surface area contributed by atoms with Crippen LogP contribution in [-0.4, -0.2) is 21.9 Å². The summed E-state index contributed by atoms with van der Waals surface area (Å²) in [5, 5.41) is 17.1. The van der Waals surface area contributed by atoms with Gasteiger partial charge in [0.1, 0.15) is 0 Å². The third kappa shape index (κ3) is 3.27. The zero-order valence-corrected chi connectivity index (χ0v) is 12.4. The van der Waals surface area contributed by atoms with Gasteiger partial charge in [-0.25, -0.2) is 0 Å². The van der Waals surface area contributed by atoms with Gasteiger partial charge < -0.3 is 14.9 Å². The van der Waals surface area contributed by atoms with E-state index >= 15 is 0 Å². The lowest BCUT2D eigenvalue weighted by Crippen LogP contribution is -2.14. The Bertz CT molecular complexity index is 746. The van der Waals surface area contributed by atoms with Crippen molar-refractivity contribution in [3.05, 3.63) is 65.2 Å². The van der Waals surface area contributed by atoms with Gasteiger partial charge in [-0.2, -0.15) is 4.98 Å². The number of anilines is 1. The highest BCUT2D eigenvalue weighted by atomic mass is 35.5. The van der Waals surface area contributed by atoms with Crippen molar-refractivity contribution < 1.29 is 9.63 Å². The van der Waals surface area contributed by atoms with Crippen LogP contribution in [0, 0.1) is 0 Å². The molecule has 1 heterocycles. The van der Waals surface area contributed by atoms with Gasteiger partial charge in [-0.15, -0.1) is 0 Å². The van der Waals surface area contributed by atoms with E-state index in [1.54, 1.807) is 12.1 Å². The molecule has 2 N–H and O–H groups in total. The first kappa shape index (κ1) is 14.6. The van der Waals surface area contributed by atoms with Crippen LogP contribution in [0.4, 0.5) is 6.01 Å². The van der Waals surface area contributed by atoms with E-state index in [-0.39, 0.29) is 18.7 Å². The van der Waals surface area contributed by atoms with Crippen LogP contribution in [0.3, 0.4) is 0 Å². The number of benzene rings is 2. The number of aliphatic hydroxyl groups is 1. The van der Waals surface area contributed by atoms with E-state index in [0.717, 1.165) is 11.1 Å². The lowest BCUT2D eigenvalue weighted by atomic mass is 10.1. The van der Waals surface area contributed by atoms with E-state index in [9.17, 15) is 5.11 Å². The van der Waals surface area contributed by atoms with Crippen molar-refractivity contribution in [2.24, 2.45) is 0 Å². The molecule has 1 unspecified atom stereocenters. The van der Waals surface area contributed by atoms with Crippen molar-refractivity contribution in [1.29, 1.82) is 0 Å². The van der Waals surface area contributed by atoms with E-state index in [1.165, 1.54) is 0 Å². The molecule has 0 amide bonds. The maximum atomic E-state index is 9.53. The zero-order chi connectivity index (χ0) is 15.4. The molecule has 0 aliphatic heterocycles. The van der Waals surface area contributed by atoms with E-state index < -0.39 is 0 Å². The van der Waals surface area contributed by atoms with Gasteiger partial charge in [0.25, 0.3) is 0 Å². The third-order valence-corrected chi connectivity index (χ3v) is 3.43. The molecule has 0 saturated heterocycles. The number of halogens is 1. The Balaban J connectivity index is 1.79. The quantitative estimate of drug-likeness (QED) is 0.753. The zero-order valence-electron chi connectivity index (χ0n) is 11.6. The number of hydrogen-bond donors (Lipinski definition) is 2. The summed E-state index contributed by atoms with van der Waals surface area (Å²) in [4.78, 5) is 4.28. The van der Waals surface area contributed by atoms with Crippen molar-refractivity contribution in [3.63, 3.8) is 0 Å². The molecule has 3 rings (SSSR count). The lowest BCUT2D eigenvalue weighted by molar-refractivity contribution is 0.273. The first-order valence-electron chi connectivity index (χ1n) is 6.78. The molecule has 5 nitrogen and oxygen atoms in total. The van der Waals surface area contributed by atoms with Crippen molar-refractivity contribution in [2.45, 2.75) is 6.04 Å². The second-order valence-corrected chi connectivity index (χ2v) is 5.16. The van der Waals surface area contributed by atoms with Crippen LogP contribution in [0.2, 0.25) is 5.02 Å². The van der Waals surface area contributed by atoms with Crippen LogP contribution in [-0.2, 0) is 0 Å². The van der Waals surface area contributed by atoms with Crippen LogP contribution < -0.4 is 5.32 Å². The molecule has 0 bridgehead atoms. The molecule has 0 saturated carbocycles. The molecule has 0 aliphatic carbocycles. The molecule has 0 radical (unpaired) electrons. The molecular weight excluding hydrogens is 302 g/mol. The van der Waals surface area contributed by atoms with Gasteiger partial charge in [0.2, 0.25) is 5.82 Å². The molecule has 0 spiro atoms. The van der Waals surface area contributed by atoms with Gasteiger partial charge in [0, 0.05) is 10.6 Å². The van der Waals surface area contributed by atoms with Crippen LogP contribution in [0.1, 0.15) is 11.6 Å². The standard InChI is InChI=1S/C16H14ClN3O2/c17-13-8-4-7-12(9-13)15-19-16(22-20-15)18-14(10-21)11-5-2-1-3-6-11/h1-9,14,21H,10H2,(H,18,19,20). The third-order valence-electron chi connectivity index (χ3n) is 3.19. The molecule has 3 aromatic rings. The molecule has 0 aliphatic rings. The van der Waals surface area contributed by atoms with Gasteiger partial charge in [-0.05, 0) is 17.7 Å². The topological polar surface area (TPSA) is 71.2 Å². The Morgan fingerprint density at radius 2 is 1.95 bits per heavy atom. The fraction of sp³-hybridized carbons (Fsp3) is 0.125. The molecule has 22 heavy (non-hydrogen) atoms. The van der Waals surface area contributed by atoms with Gasteiger partial charge in [0.15, 0.2) is 0 Å². The average molecular weight is 316 g/mol. The molecular formula is C16H14ClN3O2. The van der Waals surface area contributed by atoms with Crippen molar-refractivity contribution >= 4 is 17.6 Å². The summed E-state index contributed by atoms with van der Waals surface area (Å²) in [7, 11) is 0. The predicted octanol–water partition coefficient (Wildman–Crippen LogP) is 3.54. The fourth-order valence-corrected chi connectivity index (χ4v) is 2.29. The summed E-state index contributed by atoms with van der Waals surface area (Å²) >= 11 is 5.95. The monoisotopic (exact) mass is 315 g/mol. The first-order valence-corrected chi connectivity index (χ1v) is 7.16. The maximum Gasteiger partial charge on any atom is 0.322 e. The summed E-state index contributed by atoms with van der Waals surface area (Å²) in [6.45, 7) is -0.0844. The molecule has 2 aromatic carbocycles. The summed E-state index contributed by atoms with van der Waals surface area (Å²) < 4.78 is 5.19. The number of nitrogens with one attached hydrogen (secondary N) is 1.